The van der Waals surface area contributed by atoms with Crippen molar-refractivity contribution in [3.8, 4) is 6.07 Å². The molecular weight excluding hydrogens is 300 g/mol. The summed E-state index contributed by atoms with van der Waals surface area (Å²) in [4.78, 5) is 12.2. The lowest BCUT2D eigenvalue weighted by Gasteiger charge is -2.07. The Hall–Kier alpha value is -2.87. The predicted molar refractivity (Wildman–Crippen MR) is 92.7 cm³/mol. The topological polar surface area (TPSA) is 70.2 Å². The van der Waals surface area contributed by atoms with Gasteiger partial charge in [-0.15, -0.1) is 0 Å². The van der Waals surface area contributed by atoms with Crippen LogP contribution in [-0.2, 0) is 4.79 Å². The van der Waals surface area contributed by atoms with Crippen molar-refractivity contribution >= 4 is 12.1 Å². The van der Waals surface area contributed by atoms with E-state index in [9.17, 15) is 10.1 Å². The number of aryl methyl sites for hydroxylation is 1. The summed E-state index contributed by atoms with van der Waals surface area (Å²) in [5, 5.41) is 13.3. The second-order valence-corrected chi connectivity index (χ2v) is 6.13. The average molecular weight is 320 g/mol. The Labute approximate surface area is 141 Å². The zero-order valence-electron chi connectivity index (χ0n) is 13.9. The van der Waals surface area contributed by atoms with E-state index in [0.717, 1.165) is 11.3 Å². The zero-order valence-corrected chi connectivity index (χ0v) is 13.9. The highest BCUT2D eigenvalue weighted by Crippen LogP contribution is 2.38. The van der Waals surface area contributed by atoms with Crippen LogP contribution in [0.4, 0.5) is 0 Å². The number of carbonyl (C=O) groups excluding carboxylic acids is 1. The molecule has 24 heavy (non-hydrogen) atoms. The highest BCUT2D eigenvalue weighted by Gasteiger charge is 2.26. The smallest absolute Gasteiger partial charge is 0.261 e. The minimum atomic E-state index is -0.859. The minimum Gasteiger partial charge on any atom is -0.345 e. The van der Waals surface area contributed by atoms with Crippen molar-refractivity contribution in [3.63, 3.8) is 0 Å². The Morgan fingerprint density at radius 1 is 1.38 bits per heavy atom. The maximum atomic E-state index is 12.2. The van der Waals surface area contributed by atoms with Crippen molar-refractivity contribution in [2.24, 2.45) is 5.10 Å². The number of aromatic nitrogens is 1. The van der Waals surface area contributed by atoms with Crippen molar-refractivity contribution < 1.29 is 4.79 Å². The number of amides is 1. The summed E-state index contributed by atoms with van der Waals surface area (Å²) < 4.78 is 2.32. The van der Waals surface area contributed by atoms with Crippen LogP contribution in [-0.4, -0.2) is 16.7 Å². The number of hydrogen-bond acceptors (Lipinski definition) is 3. The van der Waals surface area contributed by atoms with E-state index in [1.807, 2.05) is 24.3 Å². The quantitative estimate of drug-likeness (QED) is 0.679. The van der Waals surface area contributed by atoms with E-state index in [4.69, 9.17) is 0 Å². The van der Waals surface area contributed by atoms with Gasteiger partial charge in [0.2, 0.25) is 0 Å². The van der Waals surface area contributed by atoms with E-state index in [-0.39, 0.29) is 0 Å². The molecule has 122 valence electrons. The molecule has 0 unspecified atom stereocenters. The Balaban J connectivity index is 1.69. The molecule has 5 nitrogen and oxygen atoms in total. The number of benzene rings is 1. The highest BCUT2D eigenvalue weighted by molar-refractivity contribution is 5.88. The maximum absolute atomic E-state index is 12.2. The number of hydrazone groups is 1. The van der Waals surface area contributed by atoms with Gasteiger partial charge in [-0.25, -0.2) is 5.43 Å². The molecule has 1 fully saturated rings. The lowest BCUT2D eigenvalue weighted by Crippen LogP contribution is -2.24. The fourth-order valence-electron chi connectivity index (χ4n) is 2.99. The maximum Gasteiger partial charge on any atom is 0.261 e. The van der Waals surface area contributed by atoms with Crippen molar-refractivity contribution in [2.75, 3.05) is 0 Å². The fraction of sp³-hybridized carbons (Fsp3) is 0.316. The van der Waals surface area contributed by atoms with Crippen LogP contribution in [0, 0.1) is 25.2 Å². The Morgan fingerprint density at radius 2 is 2.08 bits per heavy atom. The summed E-state index contributed by atoms with van der Waals surface area (Å²) in [6.45, 7) is 4.15. The molecule has 1 aromatic carbocycles. The molecular formula is C19H20N4O. The molecule has 1 amide bonds. The minimum absolute atomic E-state index is 0.420. The average Bonchev–Trinajstić information content (AvgIpc) is 3.36. The van der Waals surface area contributed by atoms with Crippen molar-refractivity contribution in [3.05, 3.63) is 58.9 Å². The van der Waals surface area contributed by atoms with E-state index in [0.29, 0.717) is 11.6 Å². The zero-order chi connectivity index (χ0) is 17.1. The first-order valence-corrected chi connectivity index (χ1v) is 8.07. The second kappa shape index (κ2) is 6.71. The largest absolute Gasteiger partial charge is 0.345 e. The van der Waals surface area contributed by atoms with Crippen LogP contribution in [0.5, 0.6) is 0 Å². The van der Waals surface area contributed by atoms with Crippen LogP contribution in [0.3, 0.4) is 0 Å². The second-order valence-electron chi connectivity index (χ2n) is 6.13. The van der Waals surface area contributed by atoms with Crippen molar-refractivity contribution in [2.45, 2.75) is 38.6 Å². The summed E-state index contributed by atoms with van der Waals surface area (Å²) in [6, 6.07) is 13.7. The summed E-state index contributed by atoms with van der Waals surface area (Å²) in [5.74, 6) is -1.28. The third-order valence-electron chi connectivity index (χ3n) is 4.34. The number of hydrogen-bond donors (Lipinski definition) is 1. The van der Waals surface area contributed by atoms with E-state index >= 15 is 0 Å². The number of nitrogens with zero attached hydrogens (tertiary/aromatic N) is 3. The van der Waals surface area contributed by atoms with E-state index in [1.165, 1.54) is 18.5 Å². The molecule has 0 spiro atoms. The predicted octanol–water partition coefficient (Wildman–Crippen LogP) is 3.20. The molecule has 1 aromatic heterocycles. The molecule has 5 heteroatoms. The van der Waals surface area contributed by atoms with Gasteiger partial charge in [-0.05, 0) is 38.3 Å². The molecule has 3 rings (SSSR count). The van der Waals surface area contributed by atoms with Gasteiger partial charge in [0.1, 0.15) is 0 Å². The molecule has 0 bridgehead atoms. The normalized spacial score (nSPS) is 15.2. The number of rotatable bonds is 5. The third-order valence-corrected chi connectivity index (χ3v) is 4.34. The molecule has 1 heterocycles. The van der Waals surface area contributed by atoms with Gasteiger partial charge in [-0.1, -0.05) is 30.3 Å². The van der Waals surface area contributed by atoms with Gasteiger partial charge in [-0.3, -0.25) is 4.79 Å². The van der Waals surface area contributed by atoms with Crippen LogP contribution in [0.15, 0.2) is 41.5 Å². The van der Waals surface area contributed by atoms with Gasteiger partial charge in [-0.2, -0.15) is 10.4 Å². The van der Waals surface area contributed by atoms with Gasteiger partial charge in [0.15, 0.2) is 5.92 Å². The van der Waals surface area contributed by atoms with E-state index in [1.54, 1.807) is 18.3 Å². The number of nitrogens with one attached hydrogen (secondary N) is 1. The van der Waals surface area contributed by atoms with Crippen molar-refractivity contribution in [1.29, 1.82) is 5.26 Å². The summed E-state index contributed by atoms with van der Waals surface area (Å²) in [5.41, 5.74) is 6.51. The van der Waals surface area contributed by atoms with E-state index < -0.39 is 11.8 Å². The van der Waals surface area contributed by atoms with Crippen LogP contribution >= 0.6 is 0 Å². The van der Waals surface area contributed by atoms with E-state index in [2.05, 4.69) is 35.0 Å². The molecule has 0 radical (unpaired) electrons. The molecule has 1 aliphatic rings. The van der Waals surface area contributed by atoms with Crippen molar-refractivity contribution in [1.82, 2.24) is 9.99 Å². The number of carbonyl (C=O) groups is 1. The molecule has 1 aliphatic carbocycles. The fourth-order valence-corrected chi connectivity index (χ4v) is 2.99. The molecule has 1 saturated carbocycles. The highest BCUT2D eigenvalue weighted by atomic mass is 16.2. The first-order chi connectivity index (χ1) is 11.6. The summed E-state index contributed by atoms with van der Waals surface area (Å²) in [7, 11) is 0. The standard InChI is InChI=1S/C19H20N4O/c1-13-10-16(14(2)23(13)17-8-9-17)12-21-22-19(24)18(11-20)15-6-4-3-5-7-15/h3-7,10,12,17-18H,8-9H2,1-2H3,(H,22,24)/b21-12-/t18-/m0/s1. The van der Waals surface area contributed by atoms with Gasteiger partial charge >= 0.3 is 0 Å². The lowest BCUT2D eigenvalue weighted by atomic mass is 10.0. The molecule has 1 atom stereocenters. The summed E-state index contributed by atoms with van der Waals surface area (Å²) >= 11 is 0. The molecule has 0 aliphatic heterocycles. The SMILES string of the molecule is Cc1cc(/C=N\NC(=O)[C@@H](C#N)c2ccccc2)c(C)n1C1CC1. The Kier molecular flexibility index (Phi) is 4.48. The monoisotopic (exact) mass is 320 g/mol. The summed E-state index contributed by atoms with van der Waals surface area (Å²) in [6.07, 6.45) is 4.10. The van der Waals surface area contributed by atoms with Crippen LogP contribution in [0.2, 0.25) is 0 Å². The van der Waals surface area contributed by atoms with Crippen LogP contribution in [0.1, 0.15) is 47.3 Å². The first-order valence-electron chi connectivity index (χ1n) is 8.07. The molecule has 0 saturated heterocycles. The molecule has 2 aromatic rings. The Morgan fingerprint density at radius 3 is 2.71 bits per heavy atom. The third kappa shape index (κ3) is 3.23. The van der Waals surface area contributed by atoms with Gasteiger partial charge in [0.05, 0.1) is 12.3 Å². The first kappa shape index (κ1) is 16.0. The Bertz CT molecular complexity index is 810. The molecule has 1 N–H and O–H groups in total. The van der Waals surface area contributed by atoms with Gasteiger partial charge in [0.25, 0.3) is 5.91 Å². The van der Waals surface area contributed by atoms with Crippen LogP contribution in [0.25, 0.3) is 0 Å². The lowest BCUT2D eigenvalue weighted by molar-refractivity contribution is -0.121. The van der Waals surface area contributed by atoms with Gasteiger partial charge < -0.3 is 4.57 Å². The van der Waals surface area contributed by atoms with Gasteiger partial charge in [0, 0.05) is 23.0 Å². The number of nitriles is 1. The van der Waals surface area contributed by atoms with Crippen LogP contribution < -0.4 is 5.43 Å².